The first kappa shape index (κ1) is 19.2. The number of carbonyl (C=O) groups excluding carboxylic acids is 1. The monoisotopic (exact) mass is 367 g/mol. The molecule has 4 atom stereocenters. The molecule has 0 radical (unpaired) electrons. The second kappa shape index (κ2) is 7.42. The van der Waals surface area contributed by atoms with E-state index in [1.54, 1.807) is 44.2 Å². The molecule has 25 heavy (non-hydrogen) atoms. The van der Waals surface area contributed by atoms with Gasteiger partial charge in [0.25, 0.3) is 0 Å². The Hall–Kier alpha value is -2.10. The minimum Gasteiger partial charge on any atom is -0.480 e. The summed E-state index contributed by atoms with van der Waals surface area (Å²) < 4.78 is -0.726. The van der Waals surface area contributed by atoms with Gasteiger partial charge in [0.05, 0.1) is 5.37 Å². The van der Waals surface area contributed by atoms with E-state index in [4.69, 9.17) is 5.73 Å². The van der Waals surface area contributed by atoms with E-state index in [9.17, 15) is 24.6 Å². The third-order valence-electron chi connectivity index (χ3n) is 4.01. The van der Waals surface area contributed by atoms with E-state index in [1.807, 2.05) is 0 Å². The lowest BCUT2D eigenvalue weighted by atomic mass is 10.0. The molecule has 1 amide bonds. The maximum atomic E-state index is 12.3. The van der Waals surface area contributed by atoms with Gasteiger partial charge in [-0.1, -0.05) is 30.3 Å². The number of hydrogen-bond donors (Lipinski definition) is 5. The van der Waals surface area contributed by atoms with Crippen LogP contribution in [0.1, 0.15) is 25.5 Å². The summed E-state index contributed by atoms with van der Waals surface area (Å²) in [4.78, 5) is 35.3. The van der Waals surface area contributed by atoms with E-state index < -0.39 is 46.1 Å². The van der Waals surface area contributed by atoms with Crippen molar-refractivity contribution < 1.29 is 24.6 Å². The normalized spacial score (nSPS) is 24.3. The molecule has 0 aliphatic carbocycles. The SMILES string of the molecule is CC1(C)S[C@H]([C@H](NC(=O)C(N)c2ccccc2)C(=O)O)N[C@H]1C(=O)O. The molecule has 0 aromatic heterocycles. The average Bonchev–Trinajstić information content (AvgIpc) is 2.87. The van der Waals surface area contributed by atoms with Crippen molar-refractivity contribution in [1.82, 2.24) is 10.6 Å². The van der Waals surface area contributed by atoms with Gasteiger partial charge in [-0.3, -0.25) is 14.9 Å². The second-order valence-electron chi connectivity index (χ2n) is 6.29. The fourth-order valence-electron chi connectivity index (χ4n) is 2.65. The van der Waals surface area contributed by atoms with Gasteiger partial charge in [-0.05, 0) is 19.4 Å². The van der Waals surface area contributed by atoms with Crippen molar-refractivity contribution in [2.24, 2.45) is 5.73 Å². The Morgan fingerprint density at radius 2 is 1.84 bits per heavy atom. The highest BCUT2D eigenvalue weighted by atomic mass is 32.2. The van der Waals surface area contributed by atoms with Gasteiger partial charge in [0, 0.05) is 4.75 Å². The minimum atomic E-state index is -1.31. The van der Waals surface area contributed by atoms with Crippen molar-refractivity contribution in [3.05, 3.63) is 35.9 Å². The van der Waals surface area contributed by atoms with E-state index in [2.05, 4.69) is 10.6 Å². The molecule has 0 bridgehead atoms. The minimum absolute atomic E-state index is 0.555. The summed E-state index contributed by atoms with van der Waals surface area (Å²) in [6.45, 7) is 3.42. The summed E-state index contributed by atoms with van der Waals surface area (Å²) in [6, 6.07) is 5.33. The molecule has 0 saturated carbocycles. The second-order valence-corrected chi connectivity index (χ2v) is 8.09. The molecule has 1 fully saturated rings. The van der Waals surface area contributed by atoms with E-state index in [-0.39, 0.29) is 0 Å². The number of thioether (sulfide) groups is 1. The molecule has 2 rings (SSSR count). The highest BCUT2D eigenvalue weighted by Crippen LogP contribution is 2.39. The number of nitrogens with two attached hydrogens (primary N) is 1. The molecule has 6 N–H and O–H groups in total. The molecular weight excluding hydrogens is 346 g/mol. The average molecular weight is 367 g/mol. The summed E-state index contributed by atoms with van der Waals surface area (Å²) in [5.41, 5.74) is 6.44. The number of amides is 1. The van der Waals surface area contributed by atoms with Gasteiger partial charge in [-0.15, -0.1) is 11.8 Å². The van der Waals surface area contributed by atoms with Crippen LogP contribution in [0.15, 0.2) is 30.3 Å². The third-order valence-corrected chi connectivity index (χ3v) is 5.52. The Morgan fingerprint density at radius 1 is 1.24 bits per heavy atom. The van der Waals surface area contributed by atoms with Gasteiger partial charge in [-0.2, -0.15) is 0 Å². The van der Waals surface area contributed by atoms with Crippen LogP contribution in [0.5, 0.6) is 0 Å². The Labute approximate surface area is 149 Å². The lowest BCUT2D eigenvalue weighted by Crippen LogP contribution is -2.55. The van der Waals surface area contributed by atoms with Crippen molar-refractivity contribution in [2.45, 2.75) is 42.1 Å². The Bertz CT molecular complexity index is 667. The zero-order chi connectivity index (χ0) is 18.8. The maximum Gasteiger partial charge on any atom is 0.328 e. The Kier molecular flexibility index (Phi) is 5.71. The molecule has 1 heterocycles. The van der Waals surface area contributed by atoms with Gasteiger partial charge < -0.3 is 21.3 Å². The van der Waals surface area contributed by atoms with Crippen molar-refractivity contribution >= 4 is 29.6 Å². The number of carboxylic acids is 2. The van der Waals surface area contributed by atoms with Crippen LogP contribution >= 0.6 is 11.8 Å². The molecule has 8 nitrogen and oxygen atoms in total. The first-order valence-corrected chi connectivity index (χ1v) is 8.52. The van der Waals surface area contributed by atoms with E-state index >= 15 is 0 Å². The number of carboxylic acid groups (broad SMARTS) is 2. The van der Waals surface area contributed by atoms with Gasteiger partial charge in [0.2, 0.25) is 5.91 Å². The summed E-state index contributed by atoms with van der Waals surface area (Å²) in [5.74, 6) is -2.98. The molecule has 1 unspecified atom stereocenters. The number of benzene rings is 1. The number of nitrogens with one attached hydrogen (secondary N) is 2. The summed E-state index contributed by atoms with van der Waals surface area (Å²) >= 11 is 1.16. The first-order chi connectivity index (χ1) is 11.6. The Morgan fingerprint density at radius 3 is 2.32 bits per heavy atom. The van der Waals surface area contributed by atoms with Crippen molar-refractivity contribution in [3.8, 4) is 0 Å². The molecule has 1 aromatic rings. The number of rotatable bonds is 6. The number of hydrogen-bond acceptors (Lipinski definition) is 6. The van der Waals surface area contributed by atoms with Crippen LogP contribution in [0, 0.1) is 0 Å². The molecule has 1 saturated heterocycles. The van der Waals surface area contributed by atoms with Gasteiger partial charge >= 0.3 is 11.9 Å². The highest BCUT2D eigenvalue weighted by Gasteiger charge is 2.49. The van der Waals surface area contributed by atoms with E-state index in [0.29, 0.717) is 5.56 Å². The molecule has 1 aliphatic rings. The van der Waals surface area contributed by atoms with Crippen molar-refractivity contribution in [3.63, 3.8) is 0 Å². The zero-order valence-corrected chi connectivity index (χ0v) is 14.6. The fourth-order valence-corrected chi connectivity index (χ4v) is 4.13. The van der Waals surface area contributed by atoms with Crippen LogP contribution in [-0.2, 0) is 14.4 Å². The molecule has 1 aromatic carbocycles. The molecule has 0 spiro atoms. The first-order valence-electron chi connectivity index (χ1n) is 7.64. The standard InChI is InChI=1S/C16H21N3O5S/c1-16(2)11(15(23)24)19-13(25-16)10(14(21)22)18-12(20)9(17)8-6-4-3-5-7-8/h3-7,9-11,13,19H,17H2,1-2H3,(H,18,20)(H,21,22)(H,23,24)/t9?,10-,11-,13+/m0/s1. The molecule has 9 heteroatoms. The summed E-state index contributed by atoms with van der Waals surface area (Å²) in [6.07, 6.45) is 0. The summed E-state index contributed by atoms with van der Waals surface area (Å²) in [7, 11) is 0. The van der Waals surface area contributed by atoms with Crippen LogP contribution in [-0.4, -0.2) is 50.3 Å². The largest absolute Gasteiger partial charge is 0.480 e. The quantitative estimate of drug-likeness (QED) is 0.478. The van der Waals surface area contributed by atoms with Crippen LogP contribution in [0.2, 0.25) is 0 Å². The van der Waals surface area contributed by atoms with Crippen LogP contribution in [0.4, 0.5) is 0 Å². The highest BCUT2D eigenvalue weighted by molar-refractivity contribution is 8.01. The van der Waals surface area contributed by atoms with Crippen LogP contribution in [0.25, 0.3) is 0 Å². The smallest absolute Gasteiger partial charge is 0.328 e. The molecule has 136 valence electrons. The third kappa shape index (κ3) is 4.30. The number of carbonyl (C=O) groups is 3. The fraction of sp³-hybridized carbons (Fsp3) is 0.438. The molecule has 1 aliphatic heterocycles. The van der Waals surface area contributed by atoms with Crippen molar-refractivity contribution in [2.75, 3.05) is 0 Å². The molecular formula is C16H21N3O5S. The lowest BCUT2D eigenvalue weighted by molar-refractivity contribution is -0.143. The van der Waals surface area contributed by atoms with E-state index in [1.165, 1.54) is 0 Å². The lowest BCUT2D eigenvalue weighted by Gasteiger charge is -2.23. The Balaban J connectivity index is 2.13. The van der Waals surface area contributed by atoms with Crippen LogP contribution in [0.3, 0.4) is 0 Å². The maximum absolute atomic E-state index is 12.3. The van der Waals surface area contributed by atoms with Gasteiger partial charge in [-0.25, -0.2) is 4.79 Å². The summed E-state index contributed by atoms with van der Waals surface area (Å²) in [5, 5.41) is 23.1. The van der Waals surface area contributed by atoms with E-state index in [0.717, 1.165) is 11.8 Å². The topological polar surface area (TPSA) is 142 Å². The van der Waals surface area contributed by atoms with Gasteiger partial charge in [0.15, 0.2) is 6.04 Å². The zero-order valence-electron chi connectivity index (χ0n) is 13.8. The predicted molar refractivity (Wildman–Crippen MR) is 93.0 cm³/mol. The predicted octanol–water partition coefficient (Wildman–Crippen LogP) is 0.150. The number of aliphatic carboxylic acids is 2. The van der Waals surface area contributed by atoms with Crippen LogP contribution < -0.4 is 16.4 Å². The van der Waals surface area contributed by atoms with Crippen molar-refractivity contribution in [1.29, 1.82) is 0 Å². The van der Waals surface area contributed by atoms with Gasteiger partial charge in [0.1, 0.15) is 12.1 Å².